The van der Waals surface area contributed by atoms with Crippen molar-refractivity contribution < 1.29 is 9.21 Å². The minimum atomic E-state index is -0.291. The number of nitrogens with one attached hydrogen (secondary N) is 1. The summed E-state index contributed by atoms with van der Waals surface area (Å²) < 4.78 is 5.44. The number of hydrogen-bond donors (Lipinski definition) is 1. The van der Waals surface area contributed by atoms with E-state index in [1.54, 1.807) is 24.3 Å². The van der Waals surface area contributed by atoms with Crippen molar-refractivity contribution in [1.82, 2.24) is 0 Å². The summed E-state index contributed by atoms with van der Waals surface area (Å²) >= 11 is 0. The fourth-order valence-corrected chi connectivity index (χ4v) is 2.66. The molecule has 0 aliphatic heterocycles. The molecule has 0 saturated heterocycles. The lowest BCUT2D eigenvalue weighted by molar-refractivity contribution is -0.111. The van der Waals surface area contributed by atoms with E-state index in [4.69, 9.17) is 4.42 Å². The maximum atomic E-state index is 12.4. The molecule has 4 nitrogen and oxygen atoms in total. The Morgan fingerprint density at radius 1 is 1.08 bits per heavy atom. The Hall–Kier alpha value is -3.14. The van der Waals surface area contributed by atoms with Gasteiger partial charge in [-0.2, -0.15) is 0 Å². The molecule has 1 amide bonds. The van der Waals surface area contributed by atoms with E-state index in [9.17, 15) is 9.59 Å². The number of rotatable bonds is 4. The second-order valence-electron chi connectivity index (χ2n) is 6.08. The predicted octanol–water partition coefficient (Wildman–Crippen LogP) is 4.57. The Balaban J connectivity index is 1.82. The SMILES string of the molecule is CC(C)c1ccccc1NC(=O)/C=C/c1coc2ccccc2c1=O. The van der Waals surface area contributed by atoms with Gasteiger partial charge >= 0.3 is 0 Å². The Labute approximate surface area is 145 Å². The van der Waals surface area contributed by atoms with Crippen molar-refractivity contribution in [3.05, 3.63) is 82.2 Å². The molecule has 3 rings (SSSR count). The molecule has 3 aromatic rings. The first-order valence-corrected chi connectivity index (χ1v) is 8.15. The van der Waals surface area contributed by atoms with E-state index < -0.39 is 0 Å². The highest BCUT2D eigenvalue weighted by Gasteiger charge is 2.08. The molecule has 0 atom stereocenters. The lowest BCUT2D eigenvalue weighted by atomic mass is 10.0. The minimum Gasteiger partial charge on any atom is -0.463 e. The zero-order valence-electron chi connectivity index (χ0n) is 14.2. The number of carbonyl (C=O) groups excluding carboxylic acids is 1. The second kappa shape index (κ2) is 7.18. The number of anilines is 1. The van der Waals surface area contributed by atoms with Crippen LogP contribution in [0.25, 0.3) is 17.0 Å². The number of amides is 1. The lowest BCUT2D eigenvalue weighted by Crippen LogP contribution is -2.11. The van der Waals surface area contributed by atoms with E-state index in [-0.39, 0.29) is 11.3 Å². The van der Waals surface area contributed by atoms with Crippen LogP contribution in [0.15, 0.2) is 70.1 Å². The molecule has 126 valence electrons. The Morgan fingerprint density at radius 2 is 1.80 bits per heavy atom. The molecule has 25 heavy (non-hydrogen) atoms. The summed E-state index contributed by atoms with van der Waals surface area (Å²) in [5.74, 6) is 0.00803. The number of para-hydroxylation sites is 2. The van der Waals surface area contributed by atoms with Crippen molar-refractivity contribution in [2.45, 2.75) is 19.8 Å². The summed E-state index contributed by atoms with van der Waals surface area (Å²) in [6.07, 6.45) is 4.19. The van der Waals surface area contributed by atoms with Crippen LogP contribution in [0.1, 0.15) is 30.9 Å². The molecular formula is C21H19NO3. The first kappa shape index (κ1) is 16.7. The van der Waals surface area contributed by atoms with Crippen molar-refractivity contribution in [1.29, 1.82) is 0 Å². The van der Waals surface area contributed by atoms with Gasteiger partial charge < -0.3 is 9.73 Å². The molecule has 0 fully saturated rings. The van der Waals surface area contributed by atoms with Crippen LogP contribution in [0, 0.1) is 0 Å². The minimum absolute atomic E-state index is 0.159. The number of fused-ring (bicyclic) bond motifs is 1. The van der Waals surface area contributed by atoms with Crippen molar-refractivity contribution in [2.75, 3.05) is 5.32 Å². The summed E-state index contributed by atoms with van der Waals surface area (Å²) in [7, 11) is 0. The van der Waals surface area contributed by atoms with Crippen LogP contribution in [0.4, 0.5) is 5.69 Å². The largest absolute Gasteiger partial charge is 0.463 e. The molecule has 1 N–H and O–H groups in total. The molecule has 1 heterocycles. The molecule has 4 heteroatoms. The normalized spacial score (nSPS) is 11.3. The van der Waals surface area contributed by atoms with E-state index in [2.05, 4.69) is 19.2 Å². The van der Waals surface area contributed by atoms with Crippen LogP contribution < -0.4 is 10.7 Å². The number of carbonyl (C=O) groups is 1. The Morgan fingerprint density at radius 3 is 2.60 bits per heavy atom. The van der Waals surface area contributed by atoms with Crippen molar-refractivity contribution in [3.8, 4) is 0 Å². The topological polar surface area (TPSA) is 59.3 Å². The van der Waals surface area contributed by atoms with Gasteiger partial charge in [0.25, 0.3) is 0 Å². The smallest absolute Gasteiger partial charge is 0.248 e. The molecule has 0 radical (unpaired) electrons. The first-order valence-electron chi connectivity index (χ1n) is 8.15. The highest BCUT2D eigenvalue weighted by Crippen LogP contribution is 2.23. The van der Waals surface area contributed by atoms with Gasteiger partial charge in [-0.25, -0.2) is 0 Å². The number of hydrogen-bond acceptors (Lipinski definition) is 3. The van der Waals surface area contributed by atoms with E-state index in [0.717, 1.165) is 11.3 Å². The monoisotopic (exact) mass is 333 g/mol. The van der Waals surface area contributed by atoms with Gasteiger partial charge in [-0.1, -0.05) is 44.2 Å². The maximum Gasteiger partial charge on any atom is 0.248 e. The molecule has 0 unspecified atom stereocenters. The van der Waals surface area contributed by atoms with Gasteiger partial charge in [-0.3, -0.25) is 9.59 Å². The summed E-state index contributed by atoms with van der Waals surface area (Å²) in [5, 5.41) is 3.36. The molecule has 1 aromatic heterocycles. The molecule has 2 aromatic carbocycles. The third kappa shape index (κ3) is 3.69. The average molecular weight is 333 g/mol. The summed E-state index contributed by atoms with van der Waals surface area (Å²) in [5.41, 5.74) is 2.55. The van der Waals surface area contributed by atoms with Crippen LogP contribution in [0.5, 0.6) is 0 Å². The Kier molecular flexibility index (Phi) is 4.80. The van der Waals surface area contributed by atoms with E-state index in [0.29, 0.717) is 22.5 Å². The van der Waals surface area contributed by atoms with Crippen LogP contribution in [0.3, 0.4) is 0 Å². The fourth-order valence-electron chi connectivity index (χ4n) is 2.66. The van der Waals surface area contributed by atoms with Gasteiger partial charge in [0.05, 0.1) is 10.9 Å². The van der Waals surface area contributed by atoms with E-state index in [1.165, 1.54) is 18.4 Å². The van der Waals surface area contributed by atoms with Gasteiger partial charge in [0, 0.05) is 11.8 Å². The summed E-state index contributed by atoms with van der Waals surface area (Å²) in [6.45, 7) is 4.14. The van der Waals surface area contributed by atoms with Crippen molar-refractivity contribution in [3.63, 3.8) is 0 Å². The zero-order chi connectivity index (χ0) is 17.8. The van der Waals surface area contributed by atoms with Gasteiger partial charge in [0.1, 0.15) is 11.8 Å². The van der Waals surface area contributed by atoms with Gasteiger partial charge in [0.15, 0.2) is 5.43 Å². The average Bonchev–Trinajstić information content (AvgIpc) is 2.61. The van der Waals surface area contributed by atoms with Crippen LogP contribution in [0.2, 0.25) is 0 Å². The lowest BCUT2D eigenvalue weighted by Gasteiger charge is -2.12. The quantitative estimate of drug-likeness (QED) is 0.712. The van der Waals surface area contributed by atoms with Gasteiger partial charge in [0.2, 0.25) is 5.91 Å². The van der Waals surface area contributed by atoms with E-state index >= 15 is 0 Å². The fraction of sp³-hybridized carbons (Fsp3) is 0.143. The third-order valence-corrected chi connectivity index (χ3v) is 3.96. The molecule has 0 spiro atoms. The molecule has 0 saturated carbocycles. The van der Waals surface area contributed by atoms with Crippen LogP contribution in [-0.4, -0.2) is 5.91 Å². The summed E-state index contributed by atoms with van der Waals surface area (Å²) in [4.78, 5) is 24.6. The Bertz CT molecular complexity index is 999. The van der Waals surface area contributed by atoms with Gasteiger partial charge in [-0.15, -0.1) is 0 Å². The molecule has 0 bridgehead atoms. The molecule has 0 aliphatic rings. The summed E-state index contributed by atoms with van der Waals surface area (Å²) in [6, 6.07) is 14.7. The van der Waals surface area contributed by atoms with E-state index in [1.807, 2.05) is 24.3 Å². The van der Waals surface area contributed by atoms with Crippen LogP contribution >= 0.6 is 0 Å². The standard InChI is InChI=1S/C21H19NO3/c1-14(2)16-7-3-5-9-18(16)22-20(23)12-11-15-13-25-19-10-6-4-8-17(19)21(15)24/h3-14H,1-2H3,(H,22,23)/b12-11+. The third-order valence-electron chi connectivity index (χ3n) is 3.96. The second-order valence-corrected chi connectivity index (χ2v) is 6.08. The van der Waals surface area contributed by atoms with Crippen molar-refractivity contribution in [2.24, 2.45) is 0 Å². The maximum absolute atomic E-state index is 12.4. The predicted molar refractivity (Wildman–Crippen MR) is 101 cm³/mol. The zero-order valence-corrected chi connectivity index (χ0v) is 14.2. The van der Waals surface area contributed by atoms with Crippen molar-refractivity contribution >= 4 is 28.6 Å². The highest BCUT2D eigenvalue weighted by molar-refractivity contribution is 6.02. The first-order chi connectivity index (χ1) is 12.1. The highest BCUT2D eigenvalue weighted by atomic mass is 16.3. The number of benzene rings is 2. The molecule has 0 aliphatic carbocycles. The van der Waals surface area contributed by atoms with Crippen LogP contribution in [-0.2, 0) is 4.79 Å². The van der Waals surface area contributed by atoms with Gasteiger partial charge in [-0.05, 0) is 35.8 Å². The molecular weight excluding hydrogens is 314 g/mol.